The molecule has 4 aromatic rings. The summed E-state index contributed by atoms with van der Waals surface area (Å²) in [5.41, 5.74) is 7.79. The van der Waals surface area contributed by atoms with Gasteiger partial charge in [-0.3, -0.25) is 9.36 Å². The summed E-state index contributed by atoms with van der Waals surface area (Å²) in [6.45, 7) is 1.87. The Bertz CT molecular complexity index is 1490. The van der Waals surface area contributed by atoms with Gasteiger partial charge < -0.3 is 15.8 Å². The number of fused-ring (bicyclic) bond motifs is 1. The summed E-state index contributed by atoms with van der Waals surface area (Å²) in [6.07, 6.45) is 6.41. The molecule has 0 bridgehead atoms. The minimum absolute atomic E-state index is 0.0473. The molecule has 1 aliphatic rings. The molecule has 34 heavy (non-hydrogen) atoms. The number of benzene rings is 1. The molecule has 0 unspecified atom stereocenters. The minimum Gasteiger partial charge on any atom is -0.467 e. The summed E-state index contributed by atoms with van der Waals surface area (Å²) in [4.78, 5) is 35.0. The van der Waals surface area contributed by atoms with Crippen LogP contribution in [0.5, 0.6) is 6.01 Å². The van der Waals surface area contributed by atoms with Crippen LogP contribution in [0.25, 0.3) is 22.0 Å². The fourth-order valence-corrected chi connectivity index (χ4v) is 3.91. The van der Waals surface area contributed by atoms with Crippen molar-refractivity contribution < 1.29 is 4.74 Å². The average molecular weight is 455 g/mol. The zero-order valence-corrected chi connectivity index (χ0v) is 18.6. The number of aromatic nitrogens is 6. The molecule has 11 heteroatoms. The predicted octanol–water partition coefficient (Wildman–Crippen LogP) is 2.61. The highest BCUT2D eigenvalue weighted by molar-refractivity contribution is 5.93. The van der Waals surface area contributed by atoms with Gasteiger partial charge in [0.05, 0.1) is 30.3 Å². The van der Waals surface area contributed by atoms with E-state index in [4.69, 9.17) is 15.5 Å². The normalized spacial score (nSPS) is 13.9. The lowest BCUT2D eigenvalue weighted by molar-refractivity contribution is 0.380. The van der Waals surface area contributed by atoms with Gasteiger partial charge in [-0.15, -0.1) is 0 Å². The SMILES string of the molecule is COc1ncc(-c2cccc3nc([C@@H](C)Nc4nc(N)ncc4C#N)n(C4CC4)c(=O)c23)cn1. The van der Waals surface area contributed by atoms with Gasteiger partial charge >= 0.3 is 6.01 Å². The summed E-state index contributed by atoms with van der Waals surface area (Å²) in [5, 5.41) is 13.1. The van der Waals surface area contributed by atoms with Gasteiger partial charge in [0.15, 0.2) is 0 Å². The zero-order valence-electron chi connectivity index (χ0n) is 18.6. The third kappa shape index (κ3) is 3.75. The molecule has 0 saturated heterocycles. The second-order valence-corrected chi connectivity index (χ2v) is 8.00. The number of methoxy groups -OCH3 is 1. The number of hydrogen-bond donors (Lipinski definition) is 2. The molecule has 0 aliphatic heterocycles. The lowest BCUT2D eigenvalue weighted by Gasteiger charge is -2.21. The van der Waals surface area contributed by atoms with Crippen molar-refractivity contribution in [2.45, 2.75) is 31.8 Å². The Morgan fingerprint density at radius 1 is 1.21 bits per heavy atom. The number of nitrogens with two attached hydrogens (primary N) is 1. The molecule has 1 aromatic carbocycles. The van der Waals surface area contributed by atoms with Crippen LogP contribution >= 0.6 is 0 Å². The van der Waals surface area contributed by atoms with Crippen molar-refractivity contribution in [3.8, 4) is 23.2 Å². The van der Waals surface area contributed by atoms with E-state index in [1.807, 2.05) is 19.1 Å². The van der Waals surface area contributed by atoms with Gasteiger partial charge in [-0.25, -0.2) is 19.9 Å². The summed E-state index contributed by atoms with van der Waals surface area (Å²) < 4.78 is 6.79. The molecular formula is C23H21N9O2. The molecule has 1 saturated carbocycles. The number of nitrogens with one attached hydrogen (secondary N) is 1. The zero-order chi connectivity index (χ0) is 23.8. The minimum atomic E-state index is -0.424. The van der Waals surface area contributed by atoms with Crippen molar-refractivity contribution in [3.05, 3.63) is 58.5 Å². The highest BCUT2D eigenvalue weighted by atomic mass is 16.5. The molecule has 1 fully saturated rings. The molecule has 170 valence electrons. The van der Waals surface area contributed by atoms with Crippen LogP contribution in [0.1, 0.15) is 43.2 Å². The van der Waals surface area contributed by atoms with Gasteiger partial charge in [0.2, 0.25) is 5.95 Å². The van der Waals surface area contributed by atoms with Crippen LogP contribution in [0, 0.1) is 11.3 Å². The van der Waals surface area contributed by atoms with E-state index in [2.05, 4.69) is 31.3 Å². The molecular weight excluding hydrogens is 434 g/mol. The third-order valence-corrected chi connectivity index (χ3v) is 5.66. The van der Waals surface area contributed by atoms with Crippen LogP contribution in [0.4, 0.5) is 11.8 Å². The molecule has 11 nitrogen and oxygen atoms in total. The Hall–Kier alpha value is -4.59. The van der Waals surface area contributed by atoms with Gasteiger partial charge in [0.1, 0.15) is 23.3 Å². The first-order chi connectivity index (χ1) is 16.5. The molecule has 3 N–H and O–H groups in total. The fourth-order valence-electron chi connectivity index (χ4n) is 3.91. The quantitative estimate of drug-likeness (QED) is 0.443. The smallest absolute Gasteiger partial charge is 0.316 e. The van der Waals surface area contributed by atoms with E-state index in [1.54, 1.807) is 23.0 Å². The number of anilines is 2. The van der Waals surface area contributed by atoms with E-state index in [0.717, 1.165) is 12.8 Å². The Balaban J connectivity index is 1.64. The Labute approximate surface area is 194 Å². The van der Waals surface area contributed by atoms with Crippen LogP contribution in [0.15, 0.2) is 41.6 Å². The van der Waals surface area contributed by atoms with Gasteiger partial charge in [0.25, 0.3) is 5.56 Å². The maximum atomic E-state index is 13.8. The third-order valence-electron chi connectivity index (χ3n) is 5.66. The molecule has 3 aromatic heterocycles. The number of ether oxygens (including phenoxy) is 1. The summed E-state index contributed by atoms with van der Waals surface area (Å²) in [7, 11) is 1.50. The number of hydrogen-bond acceptors (Lipinski definition) is 10. The van der Waals surface area contributed by atoms with Crippen molar-refractivity contribution in [2.24, 2.45) is 0 Å². The van der Waals surface area contributed by atoms with E-state index in [9.17, 15) is 10.1 Å². The lowest BCUT2D eigenvalue weighted by atomic mass is 10.0. The number of nitriles is 1. The Morgan fingerprint density at radius 3 is 2.65 bits per heavy atom. The summed E-state index contributed by atoms with van der Waals surface area (Å²) >= 11 is 0. The molecule has 0 spiro atoms. The van der Waals surface area contributed by atoms with E-state index in [0.29, 0.717) is 33.7 Å². The first kappa shape index (κ1) is 21.3. The largest absolute Gasteiger partial charge is 0.467 e. The first-order valence-corrected chi connectivity index (χ1v) is 10.7. The molecule has 5 rings (SSSR count). The van der Waals surface area contributed by atoms with Gasteiger partial charge in [-0.1, -0.05) is 12.1 Å². The molecule has 1 atom stereocenters. The fraction of sp³-hybridized carbons (Fsp3) is 0.261. The van der Waals surface area contributed by atoms with E-state index in [-0.39, 0.29) is 29.1 Å². The van der Waals surface area contributed by atoms with E-state index < -0.39 is 6.04 Å². The van der Waals surface area contributed by atoms with Crippen molar-refractivity contribution in [1.29, 1.82) is 5.26 Å². The highest BCUT2D eigenvalue weighted by Gasteiger charge is 2.31. The second kappa shape index (κ2) is 8.40. The molecule has 0 radical (unpaired) electrons. The Kier molecular flexibility index (Phi) is 5.25. The average Bonchev–Trinajstić information content (AvgIpc) is 3.69. The molecule has 3 heterocycles. The van der Waals surface area contributed by atoms with Crippen molar-refractivity contribution in [1.82, 2.24) is 29.5 Å². The summed E-state index contributed by atoms with van der Waals surface area (Å²) in [5.74, 6) is 0.902. The van der Waals surface area contributed by atoms with Crippen molar-refractivity contribution >= 4 is 22.7 Å². The van der Waals surface area contributed by atoms with Crippen molar-refractivity contribution in [3.63, 3.8) is 0 Å². The van der Waals surface area contributed by atoms with Crippen LogP contribution < -0.4 is 21.3 Å². The second-order valence-electron chi connectivity index (χ2n) is 8.00. The number of rotatable bonds is 6. The van der Waals surface area contributed by atoms with Gasteiger partial charge in [0, 0.05) is 24.0 Å². The van der Waals surface area contributed by atoms with Crippen molar-refractivity contribution in [2.75, 3.05) is 18.2 Å². The van der Waals surface area contributed by atoms with Gasteiger partial charge in [-0.05, 0) is 31.4 Å². The first-order valence-electron chi connectivity index (χ1n) is 10.7. The molecule has 0 amide bonds. The highest BCUT2D eigenvalue weighted by Crippen LogP contribution is 2.37. The Morgan fingerprint density at radius 2 is 1.97 bits per heavy atom. The maximum absolute atomic E-state index is 13.8. The van der Waals surface area contributed by atoms with E-state index in [1.165, 1.54) is 13.3 Å². The van der Waals surface area contributed by atoms with Crippen LogP contribution in [-0.4, -0.2) is 36.6 Å². The van der Waals surface area contributed by atoms with Crippen LogP contribution in [0.2, 0.25) is 0 Å². The number of nitrogens with zero attached hydrogens (tertiary/aromatic N) is 7. The van der Waals surface area contributed by atoms with E-state index >= 15 is 0 Å². The topological polar surface area (TPSA) is 158 Å². The van der Waals surface area contributed by atoms with Gasteiger partial charge in [-0.2, -0.15) is 10.2 Å². The predicted molar refractivity (Wildman–Crippen MR) is 125 cm³/mol. The molecule has 1 aliphatic carbocycles. The number of nitrogen functional groups attached to an aromatic ring is 1. The van der Waals surface area contributed by atoms with Crippen LogP contribution in [-0.2, 0) is 0 Å². The standard InChI is InChI=1S/C23H21N9O2/c1-12(29-19-13(8-24)9-26-22(25)31-19)20-30-17-5-3-4-16(14-10-27-23(34-2)28-11-14)18(17)21(33)32(20)15-6-7-15/h3-5,9-12,15H,6-7H2,1-2H3,(H3,25,26,29,31)/t12-/m1/s1. The summed E-state index contributed by atoms with van der Waals surface area (Å²) in [6, 6.07) is 7.45. The maximum Gasteiger partial charge on any atom is 0.316 e. The van der Waals surface area contributed by atoms with Crippen LogP contribution in [0.3, 0.4) is 0 Å². The monoisotopic (exact) mass is 455 g/mol. The lowest BCUT2D eigenvalue weighted by Crippen LogP contribution is -2.28.